The van der Waals surface area contributed by atoms with E-state index < -0.39 is 0 Å². The third-order valence-corrected chi connectivity index (χ3v) is 6.10. The van der Waals surface area contributed by atoms with Gasteiger partial charge in [0, 0.05) is 5.25 Å². The number of nitrogens with one attached hydrogen (secondary N) is 1. The van der Waals surface area contributed by atoms with Crippen molar-refractivity contribution < 1.29 is 0 Å². The lowest BCUT2D eigenvalue weighted by atomic mass is 9.76. The lowest BCUT2D eigenvalue weighted by molar-refractivity contribution is 0.408. The van der Waals surface area contributed by atoms with E-state index in [1.54, 1.807) is 5.56 Å². The van der Waals surface area contributed by atoms with Crippen LogP contribution in [0.25, 0.3) is 0 Å². The Morgan fingerprint density at radius 3 is 2.58 bits per heavy atom. The Morgan fingerprint density at radius 1 is 1.11 bits per heavy atom. The summed E-state index contributed by atoms with van der Waals surface area (Å²) in [6, 6.07) is 9.26. The van der Waals surface area contributed by atoms with Crippen LogP contribution in [-0.4, -0.2) is 11.0 Å². The summed E-state index contributed by atoms with van der Waals surface area (Å²) in [5.74, 6) is 7.97. The third kappa shape index (κ3) is 2.83. The van der Waals surface area contributed by atoms with E-state index in [1.807, 2.05) is 0 Å². The fraction of sp³-hybridized carbons (Fsp3) is 0.625. The first-order chi connectivity index (χ1) is 9.40. The first-order valence-electron chi connectivity index (χ1n) is 7.56. The van der Waals surface area contributed by atoms with Crippen LogP contribution in [0.2, 0.25) is 0 Å². The second-order valence-corrected chi connectivity index (χ2v) is 7.15. The predicted molar refractivity (Wildman–Crippen MR) is 83.2 cm³/mol. The van der Waals surface area contributed by atoms with Crippen molar-refractivity contribution in [3.63, 3.8) is 0 Å². The molecule has 0 radical (unpaired) electrons. The van der Waals surface area contributed by atoms with Crippen LogP contribution in [0.3, 0.4) is 0 Å². The van der Waals surface area contributed by atoms with E-state index in [2.05, 4.69) is 41.5 Å². The molecule has 3 rings (SSSR count). The third-order valence-electron chi connectivity index (χ3n) is 4.64. The molecule has 2 fully saturated rings. The molecule has 2 nitrogen and oxygen atoms in total. The van der Waals surface area contributed by atoms with Crippen LogP contribution in [0.4, 0.5) is 0 Å². The first-order valence-corrected chi connectivity index (χ1v) is 8.61. The zero-order chi connectivity index (χ0) is 13.1. The summed E-state index contributed by atoms with van der Waals surface area (Å²) >= 11 is 2.09. The van der Waals surface area contributed by atoms with E-state index in [9.17, 15) is 0 Å². The molecule has 1 aromatic rings. The van der Waals surface area contributed by atoms with Crippen molar-refractivity contribution in [1.29, 1.82) is 0 Å². The SMILES string of the molecule is NNC(c1ccccc1C1CCC1)C1CCCCS1. The fourth-order valence-electron chi connectivity index (χ4n) is 3.31. The minimum Gasteiger partial charge on any atom is -0.271 e. The monoisotopic (exact) mass is 276 g/mol. The second kappa shape index (κ2) is 6.29. The number of hydrogen-bond acceptors (Lipinski definition) is 3. The van der Waals surface area contributed by atoms with Gasteiger partial charge < -0.3 is 0 Å². The van der Waals surface area contributed by atoms with Crippen molar-refractivity contribution in [2.24, 2.45) is 5.84 Å². The Bertz CT molecular complexity index is 411. The standard InChI is InChI=1S/C16H24N2S/c17-18-16(15-10-3-4-11-19-15)14-9-2-1-8-13(14)12-6-5-7-12/h1-2,8-9,12,15-16,18H,3-7,10-11,17H2. The molecule has 2 aliphatic rings. The van der Waals surface area contributed by atoms with Crippen LogP contribution in [0.15, 0.2) is 24.3 Å². The quantitative estimate of drug-likeness (QED) is 0.650. The van der Waals surface area contributed by atoms with Gasteiger partial charge >= 0.3 is 0 Å². The van der Waals surface area contributed by atoms with Crippen molar-refractivity contribution >= 4 is 11.8 Å². The Labute approximate surface area is 120 Å². The maximum Gasteiger partial charge on any atom is 0.0581 e. The number of hydrogen-bond donors (Lipinski definition) is 2. The molecule has 104 valence electrons. The van der Waals surface area contributed by atoms with Crippen LogP contribution in [0.1, 0.15) is 61.6 Å². The molecule has 1 heterocycles. The highest BCUT2D eigenvalue weighted by atomic mass is 32.2. The number of thioether (sulfide) groups is 1. The van der Waals surface area contributed by atoms with Gasteiger partial charge in [-0.1, -0.05) is 37.1 Å². The predicted octanol–water partition coefficient (Wildman–Crippen LogP) is 3.74. The molecular formula is C16H24N2S. The second-order valence-electron chi connectivity index (χ2n) is 5.81. The molecule has 3 N–H and O–H groups in total. The first kappa shape index (κ1) is 13.5. The van der Waals surface area contributed by atoms with Crippen molar-refractivity contribution in [1.82, 2.24) is 5.43 Å². The molecule has 1 aromatic carbocycles. The highest BCUT2D eigenvalue weighted by Crippen LogP contribution is 2.42. The highest BCUT2D eigenvalue weighted by Gasteiger charge is 2.29. The molecule has 0 amide bonds. The molecule has 1 saturated heterocycles. The van der Waals surface area contributed by atoms with E-state index in [0.29, 0.717) is 11.3 Å². The summed E-state index contributed by atoms with van der Waals surface area (Å²) in [5, 5.41) is 0.639. The molecule has 0 aromatic heterocycles. The van der Waals surface area contributed by atoms with Crippen molar-refractivity contribution in [3.05, 3.63) is 35.4 Å². The Hall–Kier alpha value is -0.510. The lowest BCUT2D eigenvalue weighted by Crippen LogP contribution is -2.37. The summed E-state index contributed by atoms with van der Waals surface area (Å²) in [7, 11) is 0. The van der Waals surface area contributed by atoms with E-state index >= 15 is 0 Å². The van der Waals surface area contributed by atoms with Crippen molar-refractivity contribution in [2.75, 3.05) is 5.75 Å². The molecule has 0 bridgehead atoms. The lowest BCUT2D eigenvalue weighted by Gasteiger charge is -2.34. The van der Waals surface area contributed by atoms with Gasteiger partial charge in [0.1, 0.15) is 0 Å². The summed E-state index contributed by atoms with van der Waals surface area (Å²) in [6.07, 6.45) is 8.10. The summed E-state index contributed by atoms with van der Waals surface area (Å²) in [5.41, 5.74) is 6.11. The average Bonchev–Trinajstić information content (AvgIpc) is 2.41. The topological polar surface area (TPSA) is 38.0 Å². The van der Waals surface area contributed by atoms with Crippen LogP contribution < -0.4 is 11.3 Å². The molecule has 0 spiro atoms. The minimum atomic E-state index is 0.321. The molecule has 1 aliphatic heterocycles. The van der Waals surface area contributed by atoms with Gasteiger partial charge in [-0.3, -0.25) is 11.3 Å². The smallest absolute Gasteiger partial charge is 0.0581 e. The van der Waals surface area contributed by atoms with Gasteiger partial charge in [0.2, 0.25) is 0 Å². The van der Waals surface area contributed by atoms with Crippen LogP contribution in [0, 0.1) is 0 Å². The Balaban J connectivity index is 1.85. The molecule has 19 heavy (non-hydrogen) atoms. The van der Waals surface area contributed by atoms with Crippen LogP contribution in [0.5, 0.6) is 0 Å². The summed E-state index contributed by atoms with van der Waals surface area (Å²) < 4.78 is 0. The van der Waals surface area contributed by atoms with E-state index in [0.717, 1.165) is 5.92 Å². The normalized spacial score (nSPS) is 25.8. The van der Waals surface area contributed by atoms with Gasteiger partial charge in [0.25, 0.3) is 0 Å². The molecule has 1 saturated carbocycles. The Kier molecular flexibility index (Phi) is 4.46. The zero-order valence-corrected chi connectivity index (χ0v) is 12.3. The van der Waals surface area contributed by atoms with Gasteiger partial charge in [-0.25, -0.2) is 0 Å². The molecule has 1 aliphatic carbocycles. The molecule has 3 heteroatoms. The summed E-state index contributed by atoms with van der Waals surface area (Å²) in [4.78, 5) is 0. The van der Waals surface area contributed by atoms with Gasteiger partial charge in [-0.05, 0) is 48.5 Å². The fourth-order valence-corrected chi connectivity index (χ4v) is 4.74. The zero-order valence-electron chi connectivity index (χ0n) is 11.5. The minimum absolute atomic E-state index is 0.321. The Morgan fingerprint density at radius 2 is 1.95 bits per heavy atom. The highest BCUT2D eigenvalue weighted by molar-refractivity contribution is 8.00. The van der Waals surface area contributed by atoms with E-state index in [-0.39, 0.29) is 0 Å². The van der Waals surface area contributed by atoms with Gasteiger partial charge in [0.05, 0.1) is 6.04 Å². The average molecular weight is 276 g/mol. The molecule has 2 unspecified atom stereocenters. The van der Waals surface area contributed by atoms with Crippen molar-refractivity contribution in [3.8, 4) is 0 Å². The largest absolute Gasteiger partial charge is 0.271 e. The van der Waals surface area contributed by atoms with Crippen LogP contribution in [-0.2, 0) is 0 Å². The van der Waals surface area contributed by atoms with Gasteiger partial charge in [0.15, 0.2) is 0 Å². The molecule has 2 atom stereocenters. The van der Waals surface area contributed by atoms with E-state index in [4.69, 9.17) is 5.84 Å². The van der Waals surface area contributed by atoms with E-state index in [1.165, 1.54) is 49.8 Å². The summed E-state index contributed by atoms with van der Waals surface area (Å²) in [6.45, 7) is 0. The number of hydrazine groups is 1. The van der Waals surface area contributed by atoms with Crippen LogP contribution >= 0.6 is 11.8 Å². The number of benzene rings is 1. The van der Waals surface area contributed by atoms with Crippen molar-refractivity contribution in [2.45, 2.75) is 55.7 Å². The number of nitrogens with two attached hydrogens (primary N) is 1. The maximum absolute atomic E-state index is 5.90. The maximum atomic E-state index is 5.90. The van der Waals surface area contributed by atoms with Gasteiger partial charge in [-0.2, -0.15) is 11.8 Å². The number of rotatable bonds is 4. The van der Waals surface area contributed by atoms with Gasteiger partial charge in [-0.15, -0.1) is 0 Å². The molecular weight excluding hydrogens is 252 g/mol.